The fraction of sp³-hybridized carbons (Fsp3) is 0.778. The molecular weight excluding hydrogens is 214 g/mol. The Morgan fingerprint density at radius 1 is 1.57 bits per heavy atom. The van der Waals surface area contributed by atoms with Gasteiger partial charge < -0.3 is 4.57 Å². The molecule has 14 heavy (non-hydrogen) atoms. The number of aromatic amines is 1. The van der Waals surface area contributed by atoms with Gasteiger partial charge >= 0.3 is 0 Å². The average molecular weight is 229 g/mol. The monoisotopic (exact) mass is 229 g/mol. The van der Waals surface area contributed by atoms with Crippen LogP contribution in [0.3, 0.4) is 0 Å². The lowest BCUT2D eigenvalue weighted by Crippen LogP contribution is -2.17. The second-order valence-corrected chi connectivity index (χ2v) is 5.12. The van der Waals surface area contributed by atoms with Gasteiger partial charge in [-0.25, -0.2) is 0 Å². The van der Waals surface area contributed by atoms with Gasteiger partial charge in [0.25, 0.3) is 0 Å². The van der Waals surface area contributed by atoms with Crippen molar-refractivity contribution >= 4 is 24.0 Å². The number of H-pyrrole nitrogens is 1. The molecule has 0 bridgehead atoms. The maximum Gasteiger partial charge on any atom is 0.195 e. The molecule has 1 aromatic rings. The average Bonchev–Trinajstić information content (AvgIpc) is 2.61. The highest BCUT2D eigenvalue weighted by atomic mass is 32.2. The number of rotatable bonds is 2. The van der Waals surface area contributed by atoms with Gasteiger partial charge in [0.2, 0.25) is 0 Å². The maximum absolute atomic E-state index is 5.26. The minimum atomic E-state index is 0.581. The summed E-state index contributed by atoms with van der Waals surface area (Å²) in [6.07, 6.45) is 3.41. The number of thioether (sulfide) groups is 1. The van der Waals surface area contributed by atoms with Gasteiger partial charge in [-0.3, -0.25) is 5.10 Å². The van der Waals surface area contributed by atoms with Crippen LogP contribution >= 0.6 is 24.0 Å². The number of aromatic nitrogens is 3. The molecule has 5 heteroatoms. The minimum absolute atomic E-state index is 0.581. The Kier molecular flexibility index (Phi) is 3.28. The number of hydrogen-bond acceptors (Lipinski definition) is 3. The standard InChI is InChI=1S/C9H15N3S2/c1-2-8-10-11-9(13)12(8)7-3-5-14-6-4-7/h7H,2-6H2,1H3,(H,11,13). The molecule has 1 fully saturated rings. The van der Waals surface area contributed by atoms with Crippen LogP contribution in [-0.2, 0) is 6.42 Å². The zero-order valence-corrected chi connectivity index (χ0v) is 9.96. The first-order valence-electron chi connectivity index (χ1n) is 5.06. The summed E-state index contributed by atoms with van der Waals surface area (Å²) >= 11 is 7.30. The third-order valence-electron chi connectivity index (χ3n) is 2.65. The van der Waals surface area contributed by atoms with E-state index in [0.29, 0.717) is 6.04 Å². The van der Waals surface area contributed by atoms with Crippen LogP contribution in [0.4, 0.5) is 0 Å². The molecule has 2 rings (SSSR count). The van der Waals surface area contributed by atoms with Gasteiger partial charge in [0.15, 0.2) is 4.77 Å². The Bertz CT molecular complexity index is 349. The molecule has 78 valence electrons. The van der Waals surface area contributed by atoms with Crippen molar-refractivity contribution in [2.24, 2.45) is 0 Å². The molecule has 0 atom stereocenters. The normalized spacial score (nSPS) is 18.6. The molecule has 0 amide bonds. The predicted octanol–water partition coefficient (Wildman–Crippen LogP) is 2.57. The molecule has 2 heterocycles. The quantitative estimate of drug-likeness (QED) is 0.791. The summed E-state index contributed by atoms with van der Waals surface area (Å²) in [7, 11) is 0. The number of nitrogens with one attached hydrogen (secondary N) is 1. The smallest absolute Gasteiger partial charge is 0.195 e. The molecule has 0 spiro atoms. The van der Waals surface area contributed by atoms with Crippen molar-refractivity contribution in [3.63, 3.8) is 0 Å². The molecule has 0 saturated carbocycles. The molecule has 3 nitrogen and oxygen atoms in total. The van der Waals surface area contributed by atoms with Crippen LogP contribution < -0.4 is 0 Å². The van der Waals surface area contributed by atoms with Crippen LogP contribution in [0.1, 0.15) is 31.6 Å². The Morgan fingerprint density at radius 2 is 2.29 bits per heavy atom. The van der Waals surface area contributed by atoms with E-state index in [-0.39, 0.29) is 0 Å². The molecule has 0 aliphatic carbocycles. The third-order valence-corrected chi connectivity index (χ3v) is 3.99. The highest BCUT2D eigenvalue weighted by molar-refractivity contribution is 7.99. The molecular formula is C9H15N3S2. The first-order chi connectivity index (χ1) is 6.83. The highest BCUT2D eigenvalue weighted by Crippen LogP contribution is 2.27. The number of hydrogen-bond donors (Lipinski definition) is 1. The van der Waals surface area contributed by atoms with Gasteiger partial charge in [-0.05, 0) is 36.6 Å². The number of nitrogens with zero attached hydrogens (tertiary/aromatic N) is 2. The zero-order valence-electron chi connectivity index (χ0n) is 8.32. The third kappa shape index (κ3) is 1.88. The molecule has 0 radical (unpaired) electrons. The molecule has 1 aromatic heterocycles. The van der Waals surface area contributed by atoms with Crippen LogP contribution in [0.2, 0.25) is 0 Å². The van der Waals surface area contributed by atoms with E-state index >= 15 is 0 Å². The van der Waals surface area contributed by atoms with Crippen molar-refractivity contribution in [3.05, 3.63) is 10.6 Å². The molecule has 0 unspecified atom stereocenters. The lowest BCUT2D eigenvalue weighted by molar-refractivity contribution is 0.450. The summed E-state index contributed by atoms with van der Waals surface area (Å²) in [6, 6.07) is 0.581. The first kappa shape index (κ1) is 10.2. The highest BCUT2D eigenvalue weighted by Gasteiger charge is 2.18. The van der Waals surface area contributed by atoms with E-state index in [0.717, 1.165) is 17.0 Å². The van der Waals surface area contributed by atoms with Crippen LogP contribution in [0, 0.1) is 4.77 Å². The largest absolute Gasteiger partial charge is 0.301 e. The van der Waals surface area contributed by atoms with Crippen molar-refractivity contribution in [2.75, 3.05) is 11.5 Å². The lowest BCUT2D eigenvalue weighted by atomic mass is 10.1. The lowest BCUT2D eigenvalue weighted by Gasteiger charge is -2.23. The van der Waals surface area contributed by atoms with Crippen LogP contribution in [-0.4, -0.2) is 26.3 Å². The van der Waals surface area contributed by atoms with E-state index < -0.39 is 0 Å². The van der Waals surface area contributed by atoms with Crippen LogP contribution in [0.5, 0.6) is 0 Å². The van der Waals surface area contributed by atoms with Crippen molar-refractivity contribution in [3.8, 4) is 0 Å². The predicted molar refractivity (Wildman–Crippen MR) is 62.4 cm³/mol. The summed E-state index contributed by atoms with van der Waals surface area (Å²) in [5.74, 6) is 3.61. The SMILES string of the molecule is CCc1n[nH]c(=S)n1C1CCSCC1. The summed E-state index contributed by atoms with van der Waals surface area (Å²) in [4.78, 5) is 0. The van der Waals surface area contributed by atoms with Crippen molar-refractivity contribution < 1.29 is 0 Å². The Balaban J connectivity index is 2.28. The zero-order chi connectivity index (χ0) is 9.97. The van der Waals surface area contributed by atoms with Gasteiger partial charge in [0, 0.05) is 12.5 Å². The topological polar surface area (TPSA) is 33.6 Å². The van der Waals surface area contributed by atoms with Gasteiger partial charge in [0.05, 0.1) is 0 Å². The van der Waals surface area contributed by atoms with Gasteiger partial charge in [0.1, 0.15) is 5.82 Å². The Hall–Kier alpha value is -0.290. The van der Waals surface area contributed by atoms with E-state index in [1.165, 1.54) is 24.3 Å². The molecule has 1 saturated heterocycles. The second kappa shape index (κ2) is 4.49. The van der Waals surface area contributed by atoms with Gasteiger partial charge in [-0.1, -0.05) is 6.92 Å². The van der Waals surface area contributed by atoms with E-state index in [2.05, 4.69) is 21.7 Å². The summed E-state index contributed by atoms with van der Waals surface area (Å²) in [6.45, 7) is 2.12. The van der Waals surface area contributed by atoms with Gasteiger partial charge in [-0.15, -0.1) is 0 Å². The fourth-order valence-electron chi connectivity index (χ4n) is 1.91. The van der Waals surface area contributed by atoms with E-state index in [4.69, 9.17) is 12.2 Å². The fourth-order valence-corrected chi connectivity index (χ4v) is 3.29. The summed E-state index contributed by atoms with van der Waals surface area (Å²) in [5.41, 5.74) is 0. The van der Waals surface area contributed by atoms with Crippen molar-refractivity contribution in [1.82, 2.24) is 14.8 Å². The van der Waals surface area contributed by atoms with Crippen molar-refractivity contribution in [1.29, 1.82) is 0 Å². The van der Waals surface area contributed by atoms with E-state index in [1.807, 2.05) is 11.8 Å². The van der Waals surface area contributed by atoms with E-state index in [1.54, 1.807) is 0 Å². The number of aryl methyl sites for hydroxylation is 1. The second-order valence-electron chi connectivity index (χ2n) is 3.51. The van der Waals surface area contributed by atoms with Crippen LogP contribution in [0.15, 0.2) is 0 Å². The Morgan fingerprint density at radius 3 is 2.93 bits per heavy atom. The molecule has 1 aliphatic heterocycles. The van der Waals surface area contributed by atoms with E-state index in [9.17, 15) is 0 Å². The van der Waals surface area contributed by atoms with Crippen molar-refractivity contribution in [2.45, 2.75) is 32.2 Å². The summed E-state index contributed by atoms with van der Waals surface area (Å²) in [5, 5.41) is 7.14. The Labute approximate surface area is 93.3 Å². The van der Waals surface area contributed by atoms with Gasteiger partial charge in [-0.2, -0.15) is 16.9 Å². The molecule has 1 N–H and O–H groups in total. The first-order valence-corrected chi connectivity index (χ1v) is 6.62. The maximum atomic E-state index is 5.26. The minimum Gasteiger partial charge on any atom is -0.301 e. The van der Waals surface area contributed by atoms with Crippen LogP contribution in [0.25, 0.3) is 0 Å². The molecule has 0 aromatic carbocycles. The summed E-state index contributed by atoms with van der Waals surface area (Å²) < 4.78 is 3.01. The molecule has 1 aliphatic rings.